The normalized spacial score (nSPS) is 12.3. The summed E-state index contributed by atoms with van der Waals surface area (Å²) in [5.41, 5.74) is 1.59. The maximum Gasteiger partial charge on any atom is 0.252 e. The average Bonchev–Trinajstić information content (AvgIpc) is 3.21. The fraction of sp³-hybridized carbons (Fsp3) is 0.190. The number of nitrogens with one attached hydrogen (secondary N) is 2. The number of hydrogen-bond donors (Lipinski definition) is 2. The summed E-state index contributed by atoms with van der Waals surface area (Å²) in [5, 5.41) is 2.96. The molecule has 0 aliphatic heterocycles. The number of carbonyl (C=O) groups is 1. The van der Waals surface area contributed by atoms with Gasteiger partial charge in [0.25, 0.3) is 5.91 Å². The van der Waals surface area contributed by atoms with Crippen molar-refractivity contribution in [2.75, 3.05) is 10.5 Å². The molecule has 28 heavy (non-hydrogen) atoms. The van der Waals surface area contributed by atoms with Gasteiger partial charge in [-0.25, -0.2) is 8.42 Å². The first-order valence-electron chi connectivity index (χ1n) is 8.98. The largest absolute Gasteiger partial charge is 0.467 e. The second-order valence-corrected chi connectivity index (χ2v) is 8.18. The van der Waals surface area contributed by atoms with E-state index < -0.39 is 16.1 Å². The Kier molecular flexibility index (Phi) is 6.16. The Morgan fingerprint density at radius 1 is 1.04 bits per heavy atom. The lowest BCUT2D eigenvalue weighted by Crippen LogP contribution is -2.29. The fourth-order valence-corrected chi connectivity index (χ4v) is 3.98. The molecule has 0 bridgehead atoms. The van der Waals surface area contributed by atoms with Gasteiger partial charge in [-0.2, -0.15) is 0 Å². The first-order chi connectivity index (χ1) is 13.5. The Hall–Kier alpha value is -3.06. The van der Waals surface area contributed by atoms with Crippen molar-refractivity contribution in [3.05, 3.63) is 89.9 Å². The summed E-state index contributed by atoms with van der Waals surface area (Å²) in [7, 11) is -3.43. The zero-order chi connectivity index (χ0) is 20.0. The molecular formula is C21H22N2O4S. The summed E-state index contributed by atoms with van der Waals surface area (Å²) >= 11 is 0. The van der Waals surface area contributed by atoms with Crippen molar-refractivity contribution in [1.29, 1.82) is 0 Å². The molecule has 3 rings (SSSR count). The van der Waals surface area contributed by atoms with Crippen LogP contribution >= 0.6 is 0 Å². The van der Waals surface area contributed by atoms with Crippen molar-refractivity contribution in [3.63, 3.8) is 0 Å². The van der Waals surface area contributed by atoms with Gasteiger partial charge < -0.3 is 9.73 Å². The third-order valence-electron chi connectivity index (χ3n) is 4.11. The number of sulfonamides is 1. The highest BCUT2D eigenvalue weighted by atomic mass is 32.2. The number of hydrogen-bond acceptors (Lipinski definition) is 4. The van der Waals surface area contributed by atoms with E-state index in [0.717, 1.165) is 5.56 Å². The Morgan fingerprint density at radius 2 is 1.82 bits per heavy atom. The quantitative estimate of drug-likeness (QED) is 0.601. The van der Waals surface area contributed by atoms with Gasteiger partial charge in [-0.1, -0.05) is 43.3 Å². The first-order valence-corrected chi connectivity index (χ1v) is 10.6. The van der Waals surface area contributed by atoms with Crippen LogP contribution in [-0.2, 0) is 10.0 Å². The zero-order valence-electron chi connectivity index (χ0n) is 15.5. The number of carbonyl (C=O) groups excluding carboxylic acids is 1. The monoisotopic (exact) mass is 398 g/mol. The van der Waals surface area contributed by atoms with Gasteiger partial charge in [0.1, 0.15) is 11.8 Å². The van der Waals surface area contributed by atoms with Gasteiger partial charge in [-0.15, -0.1) is 0 Å². The van der Waals surface area contributed by atoms with E-state index in [2.05, 4.69) is 10.0 Å². The van der Waals surface area contributed by atoms with E-state index in [0.29, 0.717) is 23.4 Å². The Bertz CT molecular complexity index is 1020. The molecule has 1 unspecified atom stereocenters. The van der Waals surface area contributed by atoms with Crippen LogP contribution in [0.25, 0.3) is 0 Å². The molecule has 0 saturated heterocycles. The number of rotatable bonds is 8. The molecule has 1 aromatic heterocycles. The zero-order valence-corrected chi connectivity index (χ0v) is 16.3. The lowest BCUT2D eigenvalue weighted by Gasteiger charge is -2.17. The van der Waals surface area contributed by atoms with Crippen LogP contribution in [0.3, 0.4) is 0 Å². The van der Waals surface area contributed by atoms with E-state index in [4.69, 9.17) is 4.42 Å². The van der Waals surface area contributed by atoms with E-state index in [1.54, 1.807) is 43.5 Å². The Morgan fingerprint density at radius 3 is 2.50 bits per heavy atom. The van der Waals surface area contributed by atoms with Gasteiger partial charge in [0, 0.05) is 11.3 Å². The van der Waals surface area contributed by atoms with Crippen LogP contribution in [0.1, 0.15) is 41.1 Å². The van der Waals surface area contributed by atoms with Crippen LogP contribution < -0.4 is 10.0 Å². The van der Waals surface area contributed by atoms with E-state index in [1.807, 2.05) is 30.3 Å². The molecule has 2 N–H and O–H groups in total. The summed E-state index contributed by atoms with van der Waals surface area (Å²) < 4.78 is 31.9. The van der Waals surface area contributed by atoms with Crippen molar-refractivity contribution < 1.29 is 17.6 Å². The van der Waals surface area contributed by atoms with Crippen molar-refractivity contribution in [3.8, 4) is 0 Å². The molecular weight excluding hydrogens is 376 g/mol. The number of anilines is 1. The molecule has 0 aliphatic carbocycles. The average molecular weight is 398 g/mol. The molecule has 0 saturated carbocycles. The molecule has 0 fully saturated rings. The molecule has 0 radical (unpaired) electrons. The minimum Gasteiger partial charge on any atom is -0.467 e. The molecule has 3 aromatic rings. The van der Waals surface area contributed by atoms with E-state index in [9.17, 15) is 13.2 Å². The molecule has 7 heteroatoms. The van der Waals surface area contributed by atoms with Crippen LogP contribution in [-0.4, -0.2) is 20.1 Å². The van der Waals surface area contributed by atoms with E-state index in [1.165, 1.54) is 6.07 Å². The predicted molar refractivity (Wildman–Crippen MR) is 109 cm³/mol. The molecule has 1 atom stereocenters. The molecule has 146 valence electrons. The van der Waals surface area contributed by atoms with Gasteiger partial charge in [0.05, 0.1) is 12.0 Å². The van der Waals surface area contributed by atoms with Crippen molar-refractivity contribution in [2.45, 2.75) is 19.4 Å². The number of benzene rings is 2. The minimum absolute atomic E-state index is 0.0258. The molecule has 1 amide bonds. The Labute approximate surface area is 164 Å². The third-order valence-corrected chi connectivity index (χ3v) is 5.60. The van der Waals surface area contributed by atoms with Gasteiger partial charge in [-0.3, -0.25) is 9.52 Å². The summed E-state index contributed by atoms with van der Waals surface area (Å²) in [6.07, 6.45) is 2.07. The van der Waals surface area contributed by atoms with Gasteiger partial charge in [0.2, 0.25) is 10.0 Å². The fourth-order valence-electron chi connectivity index (χ4n) is 2.86. The van der Waals surface area contributed by atoms with Crippen LogP contribution in [0.2, 0.25) is 0 Å². The topological polar surface area (TPSA) is 88.4 Å². The highest BCUT2D eigenvalue weighted by molar-refractivity contribution is 7.92. The smallest absolute Gasteiger partial charge is 0.252 e. The molecule has 6 nitrogen and oxygen atoms in total. The van der Waals surface area contributed by atoms with Crippen molar-refractivity contribution in [2.24, 2.45) is 0 Å². The number of amides is 1. The molecule has 0 aliphatic rings. The van der Waals surface area contributed by atoms with E-state index in [-0.39, 0.29) is 11.7 Å². The van der Waals surface area contributed by atoms with Crippen LogP contribution in [0.5, 0.6) is 0 Å². The van der Waals surface area contributed by atoms with Gasteiger partial charge in [0.15, 0.2) is 0 Å². The molecule has 0 spiro atoms. The predicted octanol–water partition coefficient (Wildman–Crippen LogP) is 3.95. The summed E-state index contributed by atoms with van der Waals surface area (Å²) in [6, 6.07) is 19.0. The lowest BCUT2D eigenvalue weighted by molar-refractivity contribution is 0.0939. The molecule has 2 aromatic carbocycles. The summed E-state index contributed by atoms with van der Waals surface area (Å²) in [5.74, 6) is 0.305. The SMILES string of the molecule is CCCS(=O)(=O)Nc1cccc(C(=O)NC(c2ccccc2)c2ccco2)c1. The second kappa shape index (κ2) is 8.75. The highest BCUT2D eigenvalue weighted by Gasteiger charge is 2.20. The van der Waals surface area contributed by atoms with Crippen LogP contribution in [0.4, 0.5) is 5.69 Å². The lowest BCUT2D eigenvalue weighted by atomic mass is 10.0. The maximum absolute atomic E-state index is 12.8. The van der Waals surface area contributed by atoms with Crippen LogP contribution in [0.15, 0.2) is 77.4 Å². The molecule has 1 heterocycles. The minimum atomic E-state index is -3.43. The second-order valence-electron chi connectivity index (χ2n) is 6.33. The summed E-state index contributed by atoms with van der Waals surface area (Å²) in [4.78, 5) is 12.8. The van der Waals surface area contributed by atoms with Crippen molar-refractivity contribution in [1.82, 2.24) is 5.32 Å². The first kappa shape index (κ1) is 19.7. The number of furan rings is 1. The van der Waals surface area contributed by atoms with Gasteiger partial charge >= 0.3 is 0 Å². The van der Waals surface area contributed by atoms with E-state index >= 15 is 0 Å². The summed E-state index contributed by atoms with van der Waals surface area (Å²) in [6.45, 7) is 1.79. The van der Waals surface area contributed by atoms with Crippen LogP contribution in [0, 0.1) is 0 Å². The Balaban J connectivity index is 1.82. The standard InChI is InChI=1S/C21H22N2O4S/c1-2-14-28(25,26)23-18-11-6-10-17(15-18)21(24)22-20(19-12-7-13-27-19)16-8-4-3-5-9-16/h3-13,15,20,23H,2,14H2,1H3,(H,22,24). The highest BCUT2D eigenvalue weighted by Crippen LogP contribution is 2.23. The van der Waals surface area contributed by atoms with Gasteiger partial charge in [-0.05, 0) is 42.3 Å². The third kappa shape index (κ3) is 5.01. The van der Waals surface area contributed by atoms with Crippen molar-refractivity contribution >= 4 is 21.6 Å². The maximum atomic E-state index is 12.8.